The first-order valence-electron chi connectivity index (χ1n) is 3.70. The van der Waals surface area contributed by atoms with Crippen molar-refractivity contribution in [3.63, 3.8) is 0 Å². The molecule has 1 saturated carbocycles. The third-order valence-electron chi connectivity index (χ3n) is 1.62. The van der Waals surface area contributed by atoms with Gasteiger partial charge < -0.3 is 5.32 Å². The van der Waals surface area contributed by atoms with Gasteiger partial charge in [-0.1, -0.05) is 0 Å². The molecule has 0 bridgehead atoms. The number of hydrogen-bond acceptors (Lipinski definition) is 2. The minimum absolute atomic E-state index is 0.141. The number of thiol groups is 1. The normalized spacial score (nSPS) is 16.9. The highest BCUT2D eigenvalue weighted by molar-refractivity contribution is 7.80. The second-order valence-electron chi connectivity index (χ2n) is 2.72. The Balaban J connectivity index is 1.94. The molecular weight excluding hydrogens is 146 g/mol. The zero-order valence-electron chi connectivity index (χ0n) is 5.97. The van der Waals surface area contributed by atoms with Crippen molar-refractivity contribution in [2.45, 2.75) is 19.3 Å². The highest BCUT2D eigenvalue weighted by Gasteiger charge is 2.21. The number of carbonyl (C=O) groups excluding carboxylic acids is 1. The summed E-state index contributed by atoms with van der Waals surface area (Å²) < 4.78 is 0. The molecule has 0 saturated heterocycles. The first-order chi connectivity index (χ1) is 4.83. The molecule has 1 fully saturated rings. The van der Waals surface area contributed by atoms with Crippen molar-refractivity contribution >= 4 is 18.5 Å². The summed E-state index contributed by atoms with van der Waals surface area (Å²) in [6.07, 6.45) is 3.14. The van der Waals surface area contributed by atoms with Crippen molar-refractivity contribution < 1.29 is 4.79 Å². The van der Waals surface area contributed by atoms with Crippen LogP contribution in [-0.2, 0) is 4.79 Å². The van der Waals surface area contributed by atoms with Crippen LogP contribution in [0.3, 0.4) is 0 Å². The van der Waals surface area contributed by atoms with Gasteiger partial charge in [-0.15, -0.1) is 0 Å². The Hall–Kier alpha value is -0.180. The molecule has 1 rings (SSSR count). The van der Waals surface area contributed by atoms with Gasteiger partial charge in [-0.3, -0.25) is 4.79 Å². The molecule has 0 unspecified atom stereocenters. The average Bonchev–Trinajstić information content (AvgIpc) is 2.67. The first kappa shape index (κ1) is 7.92. The van der Waals surface area contributed by atoms with Gasteiger partial charge in [0.25, 0.3) is 0 Å². The van der Waals surface area contributed by atoms with Crippen molar-refractivity contribution in [3.05, 3.63) is 0 Å². The van der Waals surface area contributed by atoms with E-state index in [0.29, 0.717) is 12.2 Å². The molecule has 0 aromatic heterocycles. The topological polar surface area (TPSA) is 29.1 Å². The fraction of sp³-hybridized carbons (Fsp3) is 0.857. The quantitative estimate of drug-likeness (QED) is 0.585. The van der Waals surface area contributed by atoms with Crippen LogP contribution in [0.15, 0.2) is 0 Å². The zero-order chi connectivity index (χ0) is 7.40. The van der Waals surface area contributed by atoms with Crippen LogP contribution in [-0.4, -0.2) is 18.2 Å². The third kappa shape index (κ3) is 3.11. The van der Waals surface area contributed by atoms with Gasteiger partial charge in [0.2, 0.25) is 5.91 Å². The van der Waals surface area contributed by atoms with E-state index in [1.165, 1.54) is 12.8 Å². The van der Waals surface area contributed by atoms with Crippen molar-refractivity contribution in [3.8, 4) is 0 Å². The summed E-state index contributed by atoms with van der Waals surface area (Å²) in [5.74, 6) is 1.57. The summed E-state index contributed by atoms with van der Waals surface area (Å²) in [5.41, 5.74) is 0. The van der Waals surface area contributed by atoms with Crippen LogP contribution in [0.25, 0.3) is 0 Å². The lowest BCUT2D eigenvalue weighted by Gasteiger charge is -2.00. The first-order valence-corrected chi connectivity index (χ1v) is 4.33. The van der Waals surface area contributed by atoms with Crippen molar-refractivity contribution in [1.82, 2.24) is 5.32 Å². The maximum Gasteiger partial charge on any atom is 0.220 e. The van der Waals surface area contributed by atoms with E-state index in [2.05, 4.69) is 17.9 Å². The van der Waals surface area contributed by atoms with Gasteiger partial charge in [0.05, 0.1) is 0 Å². The standard InChI is InChI=1S/C7H13NOS/c9-7(3-4-10)8-5-6-1-2-6/h6,10H,1-5H2,(H,8,9). The highest BCUT2D eigenvalue weighted by Crippen LogP contribution is 2.27. The van der Waals surface area contributed by atoms with Crippen LogP contribution in [0.5, 0.6) is 0 Å². The molecule has 10 heavy (non-hydrogen) atoms. The van der Waals surface area contributed by atoms with Crippen LogP contribution < -0.4 is 5.32 Å². The number of carbonyl (C=O) groups is 1. The molecule has 0 aliphatic heterocycles. The smallest absolute Gasteiger partial charge is 0.220 e. The van der Waals surface area contributed by atoms with Crippen LogP contribution in [0.1, 0.15) is 19.3 Å². The number of hydrogen-bond donors (Lipinski definition) is 2. The van der Waals surface area contributed by atoms with Gasteiger partial charge in [0, 0.05) is 13.0 Å². The monoisotopic (exact) mass is 159 g/mol. The second kappa shape index (κ2) is 3.86. The molecule has 2 nitrogen and oxygen atoms in total. The molecular formula is C7H13NOS. The Morgan fingerprint density at radius 2 is 2.30 bits per heavy atom. The van der Waals surface area contributed by atoms with Crippen LogP contribution >= 0.6 is 12.6 Å². The van der Waals surface area contributed by atoms with Crippen LogP contribution in [0, 0.1) is 5.92 Å². The summed E-state index contributed by atoms with van der Waals surface area (Å²) in [7, 11) is 0. The second-order valence-corrected chi connectivity index (χ2v) is 3.17. The third-order valence-corrected chi connectivity index (χ3v) is 1.85. The van der Waals surface area contributed by atoms with Gasteiger partial charge in [0.15, 0.2) is 0 Å². The molecule has 0 aromatic rings. The lowest BCUT2D eigenvalue weighted by Crippen LogP contribution is -2.25. The Kier molecular flexibility index (Phi) is 3.06. The largest absolute Gasteiger partial charge is 0.356 e. The Bertz CT molecular complexity index is 123. The lowest BCUT2D eigenvalue weighted by molar-refractivity contribution is -0.120. The van der Waals surface area contributed by atoms with E-state index in [1.807, 2.05) is 0 Å². The Morgan fingerprint density at radius 1 is 1.60 bits per heavy atom. The van der Waals surface area contributed by atoms with E-state index in [-0.39, 0.29) is 5.91 Å². The molecule has 58 valence electrons. The Labute approximate surface area is 66.8 Å². The Morgan fingerprint density at radius 3 is 2.80 bits per heavy atom. The molecule has 1 aliphatic carbocycles. The summed E-state index contributed by atoms with van der Waals surface area (Å²) in [6, 6.07) is 0. The molecule has 1 N–H and O–H groups in total. The van der Waals surface area contributed by atoms with E-state index in [0.717, 1.165) is 12.5 Å². The van der Waals surface area contributed by atoms with Crippen molar-refractivity contribution in [1.29, 1.82) is 0 Å². The molecule has 1 amide bonds. The van der Waals surface area contributed by atoms with Gasteiger partial charge in [0.1, 0.15) is 0 Å². The maximum atomic E-state index is 10.8. The zero-order valence-corrected chi connectivity index (χ0v) is 6.86. The lowest BCUT2D eigenvalue weighted by atomic mass is 10.4. The molecule has 0 heterocycles. The minimum atomic E-state index is 0.141. The van der Waals surface area contributed by atoms with E-state index in [1.54, 1.807) is 0 Å². The molecule has 3 heteroatoms. The molecule has 1 aliphatic rings. The van der Waals surface area contributed by atoms with E-state index >= 15 is 0 Å². The highest BCUT2D eigenvalue weighted by atomic mass is 32.1. The van der Waals surface area contributed by atoms with Gasteiger partial charge in [-0.2, -0.15) is 12.6 Å². The van der Waals surface area contributed by atoms with E-state index in [4.69, 9.17) is 0 Å². The molecule has 0 aromatic carbocycles. The number of nitrogens with one attached hydrogen (secondary N) is 1. The maximum absolute atomic E-state index is 10.8. The SMILES string of the molecule is O=C(CCS)NCC1CC1. The minimum Gasteiger partial charge on any atom is -0.356 e. The molecule has 0 atom stereocenters. The van der Waals surface area contributed by atoms with E-state index < -0.39 is 0 Å². The summed E-state index contributed by atoms with van der Waals surface area (Å²) in [4.78, 5) is 10.8. The van der Waals surface area contributed by atoms with Crippen LogP contribution in [0.4, 0.5) is 0 Å². The fourth-order valence-corrected chi connectivity index (χ4v) is 0.973. The fourth-order valence-electron chi connectivity index (χ4n) is 0.770. The summed E-state index contributed by atoms with van der Waals surface area (Å²) >= 11 is 3.96. The van der Waals surface area contributed by atoms with Crippen LogP contribution in [0.2, 0.25) is 0 Å². The predicted molar refractivity (Wildman–Crippen MR) is 44.2 cm³/mol. The number of rotatable bonds is 4. The van der Waals surface area contributed by atoms with Crippen molar-refractivity contribution in [2.24, 2.45) is 5.92 Å². The van der Waals surface area contributed by atoms with Crippen molar-refractivity contribution in [2.75, 3.05) is 12.3 Å². The van der Waals surface area contributed by atoms with Gasteiger partial charge in [-0.05, 0) is 24.5 Å². The number of amides is 1. The van der Waals surface area contributed by atoms with Gasteiger partial charge >= 0.3 is 0 Å². The predicted octanol–water partition coefficient (Wildman–Crippen LogP) is 0.833. The average molecular weight is 159 g/mol. The van der Waals surface area contributed by atoms with E-state index in [9.17, 15) is 4.79 Å². The molecule has 0 spiro atoms. The van der Waals surface area contributed by atoms with Gasteiger partial charge in [-0.25, -0.2) is 0 Å². The summed E-state index contributed by atoms with van der Waals surface area (Å²) in [5, 5.41) is 2.86. The molecule has 0 radical (unpaired) electrons. The summed E-state index contributed by atoms with van der Waals surface area (Å²) in [6.45, 7) is 0.882.